The van der Waals surface area contributed by atoms with Gasteiger partial charge in [0.25, 0.3) is 0 Å². The SMILES string of the molecule is COCC(C)N(CCO)CC(F)(F)F. The van der Waals surface area contributed by atoms with E-state index in [-0.39, 0.29) is 25.8 Å². The molecule has 86 valence electrons. The van der Waals surface area contributed by atoms with Crippen molar-refractivity contribution in [3.05, 3.63) is 0 Å². The summed E-state index contributed by atoms with van der Waals surface area (Å²) in [5.74, 6) is 0. The van der Waals surface area contributed by atoms with Crippen molar-refractivity contribution < 1.29 is 23.0 Å². The number of ether oxygens (including phenoxy) is 1. The molecule has 0 heterocycles. The van der Waals surface area contributed by atoms with Crippen LogP contribution in [0.2, 0.25) is 0 Å². The molecule has 0 amide bonds. The highest BCUT2D eigenvalue weighted by molar-refractivity contribution is 4.69. The van der Waals surface area contributed by atoms with Gasteiger partial charge >= 0.3 is 6.18 Å². The lowest BCUT2D eigenvalue weighted by Gasteiger charge is -2.28. The van der Waals surface area contributed by atoms with Crippen LogP contribution >= 0.6 is 0 Å². The van der Waals surface area contributed by atoms with E-state index in [9.17, 15) is 13.2 Å². The monoisotopic (exact) mass is 215 g/mol. The molecule has 0 aliphatic carbocycles. The highest BCUT2D eigenvalue weighted by Gasteiger charge is 2.32. The van der Waals surface area contributed by atoms with Crippen molar-refractivity contribution in [3.63, 3.8) is 0 Å². The average Bonchev–Trinajstić information content (AvgIpc) is 2.01. The number of aliphatic hydroxyl groups excluding tert-OH is 1. The molecular weight excluding hydrogens is 199 g/mol. The number of nitrogens with zero attached hydrogens (tertiary/aromatic N) is 1. The minimum atomic E-state index is -4.24. The predicted octanol–water partition coefficient (Wildman–Crippen LogP) is 0.878. The fourth-order valence-corrected chi connectivity index (χ4v) is 1.16. The highest BCUT2D eigenvalue weighted by Crippen LogP contribution is 2.17. The van der Waals surface area contributed by atoms with Gasteiger partial charge in [-0.15, -0.1) is 0 Å². The van der Waals surface area contributed by atoms with E-state index in [1.54, 1.807) is 6.92 Å². The molecule has 0 aromatic heterocycles. The molecule has 0 saturated heterocycles. The molecule has 0 aromatic carbocycles. The lowest BCUT2D eigenvalue weighted by Crippen LogP contribution is -2.43. The van der Waals surface area contributed by atoms with E-state index in [1.165, 1.54) is 7.11 Å². The highest BCUT2D eigenvalue weighted by atomic mass is 19.4. The Balaban J connectivity index is 4.13. The number of hydrogen-bond donors (Lipinski definition) is 1. The van der Waals surface area contributed by atoms with Crippen LogP contribution in [0.25, 0.3) is 0 Å². The third-order valence-electron chi connectivity index (χ3n) is 1.80. The van der Waals surface area contributed by atoms with Crippen LogP contribution in [0.3, 0.4) is 0 Å². The molecule has 1 atom stereocenters. The Morgan fingerprint density at radius 2 is 2.00 bits per heavy atom. The quantitative estimate of drug-likeness (QED) is 0.714. The summed E-state index contributed by atoms with van der Waals surface area (Å²) in [4.78, 5) is 1.14. The van der Waals surface area contributed by atoms with Crippen LogP contribution in [0, 0.1) is 0 Å². The van der Waals surface area contributed by atoms with E-state index in [4.69, 9.17) is 9.84 Å². The van der Waals surface area contributed by atoms with Crippen LogP contribution in [0.15, 0.2) is 0 Å². The minimum absolute atomic E-state index is 0.00400. The van der Waals surface area contributed by atoms with Gasteiger partial charge in [0.05, 0.1) is 19.8 Å². The van der Waals surface area contributed by atoms with Gasteiger partial charge in [-0.2, -0.15) is 13.2 Å². The number of halogens is 3. The summed E-state index contributed by atoms with van der Waals surface area (Å²) in [5, 5.41) is 8.60. The molecule has 0 aliphatic heterocycles. The first-order valence-corrected chi connectivity index (χ1v) is 4.31. The van der Waals surface area contributed by atoms with Crippen LogP contribution in [0.4, 0.5) is 13.2 Å². The van der Waals surface area contributed by atoms with Crippen molar-refractivity contribution in [3.8, 4) is 0 Å². The van der Waals surface area contributed by atoms with Gasteiger partial charge < -0.3 is 9.84 Å². The Hall–Kier alpha value is -0.330. The number of alkyl halides is 3. The first-order valence-electron chi connectivity index (χ1n) is 4.31. The second-order valence-electron chi connectivity index (χ2n) is 3.11. The molecule has 3 nitrogen and oxygen atoms in total. The van der Waals surface area contributed by atoms with Crippen molar-refractivity contribution >= 4 is 0 Å². The molecule has 14 heavy (non-hydrogen) atoms. The Kier molecular flexibility index (Phi) is 6.06. The standard InChI is InChI=1S/C8H16F3NO2/c1-7(5-14-2)12(3-4-13)6-8(9,10)11/h7,13H,3-6H2,1-2H3. The van der Waals surface area contributed by atoms with E-state index in [0.717, 1.165) is 4.90 Å². The number of hydrogen-bond acceptors (Lipinski definition) is 3. The lowest BCUT2D eigenvalue weighted by atomic mass is 10.3. The number of aliphatic hydroxyl groups is 1. The van der Waals surface area contributed by atoms with Crippen molar-refractivity contribution in [2.45, 2.75) is 19.1 Å². The summed E-state index contributed by atoms with van der Waals surface area (Å²) < 4.78 is 41.0. The van der Waals surface area contributed by atoms with Crippen molar-refractivity contribution in [2.24, 2.45) is 0 Å². The molecule has 0 rings (SSSR count). The zero-order valence-electron chi connectivity index (χ0n) is 8.34. The Bertz CT molecular complexity index is 152. The summed E-state index contributed by atoms with van der Waals surface area (Å²) in [5.41, 5.74) is 0. The fourth-order valence-electron chi connectivity index (χ4n) is 1.16. The van der Waals surface area contributed by atoms with Gasteiger partial charge in [-0.25, -0.2) is 0 Å². The third-order valence-corrected chi connectivity index (χ3v) is 1.80. The summed E-state index contributed by atoms with van der Waals surface area (Å²) in [6.07, 6.45) is -4.24. The molecule has 0 saturated carbocycles. The molecule has 0 spiro atoms. The summed E-state index contributed by atoms with van der Waals surface area (Å²) >= 11 is 0. The van der Waals surface area contributed by atoms with Gasteiger partial charge in [-0.1, -0.05) is 0 Å². The molecule has 0 bridgehead atoms. The summed E-state index contributed by atoms with van der Waals surface area (Å²) in [6.45, 7) is 0.549. The topological polar surface area (TPSA) is 32.7 Å². The van der Waals surface area contributed by atoms with E-state index in [2.05, 4.69) is 0 Å². The predicted molar refractivity (Wildman–Crippen MR) is 46.1 cm³/mol. The Morgan fingerprint density at radius 3 is 2.36 bits per heavy atom. The van der Waals surface area contributed by atoms with Crippen molar-refractivity contribution in [2.75, 3.05) is 33.4 Å². The smallest absolute Gasteiger partial charge is 0.395 e. The lowest BCUT2D eigenvalue weighted by molar-refractivity contribution is -0.153. The van der Waals surface area contributed by atoms with E-state index in [0.29, 0.717) is 0 Å². The molecule has 1 unspecified atom stereocenters. The van der Waals surface area contributed by atoms with Gasteiger partial charge in [0, 0.05) is 19.7 Å². The maximum atomic E-state index is 12.1. The van der Waals surface area contributed by atoms with Gasteiger partial charge in [0.15, 0.2) is 0 Å². The minimum Gasteiger partial charge on any atom is -0.395 e. The third kappa shape index (κ3) is 6.17. The van der Waals surface area contributed by atoms with Crippen LogP contribution in [0.1, 0.15) is 6.92 Å². The van der Waals surface area contributed by atoms with E-state index >= 15 is 0 Å². The second-order valence-corrected chi connectivity index (χ2v) is 3.11. The van der Waals surface area contributed by atoms with Crippen LogP contribution in [0.5, 0.6) is 0 Å². The van der Waals surface area contributed by atoms with E-state index in [1.807, 2.05) is 0 Å². The maximum Gasteiger partial charge on any atom is 0.401 e. The average molecular weight is 215 g/mol. The van der Waals surface area contributed by atoms with Crippen molar-refractivity contribution in [1.29, 1.82) is 0 Å². The summed E-state index contributed by atoms with van der Waals surface area (Å²) in [6, 6.07) is -0.353. The second kappa shape index (κ2) is 6.21. The molecule has 0 aliphatic rings. The first-order chi connectivity index (χ1) is 6.40. The normalized spacial score (nSPS) is 14.8. The molecule has 0 aromatic rings. The molecule has 1 N–H and O–H groups in total. The fraction of sp³-hybridized carbons (Fsp3) is 1.00. The molecule has 0 radical (unpaired) electrons. The molecule has 0 fully saturated rings. The molecule has 6 heteroatoms. The van der Waals surface area contributed by atoms with Crippen molar-refractivity contribution in [1.82, 2.24) is 4.90 Å². The van der Waals surface area contributed by atoms with Gasteiger partial charge in [0.2, 0.25) is 0 Å². The number of methoxy groups -OCH3 is 1. The Labute approximate surface area is 81.5 Å². The summed E-state index contributed by atoms with van der Waals surface area (Å²) in [7, 11) is 1.43. The van der Waals surface area contributed by atoms with Crippen LogP contribution in [-0.2, 0) is 4.74 Å². The van der Waals surface area contributed by atoms with Gasteiger partial charge in [-0.3, -0.25) is 4.90 Å². The largest absolute Gasteiger partial charge is 0.401 e. The van der Waals surface area contributed by atoms with Gasteiger partial charge in [-0.05, 0) is 6.92 Å². The van der Waals surface area contributed by atoms with Crippen LogP contribution < -0.4 is 0 Å². The zero-order valence-corrected chi connectivity index (χ0v) is 8.34. The molecular formula is C8H16F3NO2. The number of rotatable bonds is 6. The van der Waals surface area contributed by atoms with Crippen LogP contribution in [-0.4, -0.2) is 55.6 Å². The van der Waals surface area contributed by atoms with Gasteiger partial charge in [0.1, 0.15) is 0 Å². The maximum absolute atomic E-state index is 12.1. The zero-order chi connectivity index (χ0) is 11.2. The van der Waals surface area contributed by atoms with E-state index < -0.39 is 12.7 Å². The Morgan fingerprint density at radius 1 is 1.43 bits per heavy atom. The first kappa shape index (κ1) is 13.7.